The van der Waals surface area contributed by atoms with Gasteiger partial charge in [0.1, 0.15) is 6.10 Å². The summed E-state index contributed by atoms with van der Waals surface area (Å²) in [6.07, 6.45) is 2.62. The molecule has 1 aliphatic heterocycles. The van der Waals surface area contributed by atoms with E-state index >= 15 is 0 Å². The highest BCUT2D eigenvalue weighted by molar-refractivity contribution is 9.10. The molecule has 0 bridgehead atoms. The molecule has 2 unspecified atom stereocenters. The van der Waals surface area contributed by atoms with Crippen LogP contribution in [0.15, 0.2) is 22.7 Å². The van der Waals surface area contributed by atoms with Crippen LogP contribution < -0.4 is 10.6 Å². The molecule has 0 aromatic heterocycles. The lowest BCUT2D eigenvalue weighted by atomic mass is 10.1. The van der Waals surface area contributed by atoms with Crippen LogP contribution in [0, 0.1) is 6.92 Å². The molecule has 0 radical (unpaired) electrons. The van der Waals surface area contributed by atoms with Crippen molar-refractivity contribution in [1.29, 1.82) is 0 Å². The largest absolute Gasteiger partial charge is 0.376 e. The molecule has 25 heavy (non-hydrogen) atoms. The molecule has 1 fully saturated rings. The van der Waals surface area contributed by atoms with Crippen LogP contribution in [0.25, 0.3) is 0 Å². The van der Waals surface area contributed by atoms with Gasteiger partial charge in [-0.05, 0) is 56.9 Å². The van der Waals surface area contributed by atoms with E-state index in [0.29, 0.717) is 12.3 Å². The van der Waals surface area contributed by atoms with Crippen molar-refractivity contribution in [2.75, 3.05) is 25.1 Å². The number of nitrogens with one attached hydrogen (secondary N) is 2. The number of aryl methyl sites for hydroxylation is 1. The number of amides is 2. The zero-order chi connectivity index (χ0) is 18.2. The highest BCUT2D eigenvalue weighted by atomic mass is 79.9. The number of halogens is 1. The second-order valence-electron chi connectivity index (χ2n) is 6.19. The Kier molecular flexibility index (Phi) is 7.87. The zero-order valence-electron chi connectivity index (χ0n) is 14.6. The van der Waals surface area contributed by atoms with Crippen LogP contribution in [-0.2, 0) is 19.1 Å². The molecule has 2 atom stereocenters. The van der Waals surface area contributed by atoms with E-state index in [4.69, 9.17) is 9.47 Å². The number of carbonyl (C=O) groups excluding carboxylic acids is 2. The van der Waals surface area contributed by atoms with Crippen molar-refractivity contribution in [1.82, 2.24) is 5.32 Å². The summed E-state index contributed by atoms with van der Waals surface area (Å²) in [5.41, 5.74) is 1.72. The smallest absolute Gasteiger partial charge is 0.249 e. The first-order chi connectivity index (χ1) is 12.0. The molecule has 0 saturated carbocycles. The lowest BCUT2D eigenvalue weighted by Crippen LogP contribution is -2.40. The van der Waals surface area contributed by atoms with Gasteiger partial charge in [0, 0.05) is 16.8 Å². The molecule has 0 spiro atoms. The first-order valence-corrected chi connectivity index (χ1v) is 9.32. The van der Waals surface area contributed by atoms with Gasteiger partial charge >= 0.3 is 0 Å². The second kappa shape index (κ2) is 9.89. The highest BCUT2D eigenvalue weighted by Crippen LogP contribution is 2.19. The molecule has 0 aliphatic carbocycles. The van der Waals surface area contributed by atoms with E-state index in [9.17, 15) is 9.59 Å². The third kappa shape index (κ3) is 6.76. The minimum atomic E-state index is -0.617. The van der Waals surface area contributed by atoms with Crippen molar-refractivity contribution in [3.63, 3.8) is 0 Å². The maximum atomic E-state index is 12.0. The Labute approximate surface area is 156 Å². The number of hydrogen-bond acceptors (Lipinski definition) is 4. The van der Waals surface area contributed by atoms with Crippen molar-refractivity contribution in [3.8, 4) is 0 Å². The summed E-state index contributed by atoms with van der Waals surface area (Å²) >= 11 is 3.41. The molecule has 1 aromatic carbocycles. The van der Waals surface area contributed by atoms with Gasteiger partial charge < -0.3 is 20.1 Å². The van der Waals surface area contributed by atoms with Crippen LogP contribution in [0.1, 0.15) is 31.7 Å². The van der Waals surface area contributed by atoms with Gasteiger partial charge in [-0.1, -0.05) is 15.9 Å². The Bertz CT molecular complexity index is 603. The van der Waals surface area contributed by atoms with E-state index in [1.54, 1.807) is 13.0 Å². The van der Waals surface area contributed by atoms with E-state index in [0.717, 1.165) is 35.9 Å². The number of anilines is 1. The predicted octanol–water partition coefficient (Wildman–Crippen LogP) is 2.79. The Morgan fingerprint density at radius 3 is 2.88 bits per heavy atom. The van der Waals surface area contributed by atoms with Crippen LogP contribution in [0.4, 0.5) is 5.69 Å². The molecule has 6 nitrogen and oxygen atoms in total. The van der Waals surface area contributed by atoms with Gasteiger partial charge in [0.15, 0.2) is 0 Å². The summed E-state index contributed by atoms with van der Waals surface area (Å²) < 4.78 is 12.1. The minimum absolute atomic E-state index is 0.0629. The van der Waals surface area contributed by atoms with E-state index < -0.39 is 6.10 Å². The summed E-state index contributed by atoms with van der Waals surface area (Å²) in [7, 11) is 0. The van der Waals surface area contributed by atoms with Crippen LogP contribution >= 0.6 is 15.9 Å². The lowest BCUT2D eigenvalue weighted by molar-refractivity contribution is -0.136. The van der Waals surface area contributed by atoms with Crippen molar-refractivity contribution >= 4 is 33.4 Å². The molecule has 1 aromatic rings. The van der Waals surface area contributed by atoms with Crippen molar-refractivity contribution in [2.45, 2.75) is 45.3 Å². The third-order valence-electron chi connectivity index (χ3n) is 4.04. The zero-order valence-corrected chi connectivity index (χ0v) is 16.2. The molecule has 7 heteroatoms. The summed E-state index contributed by atoms with van der Waals surface area (Å²) in [5.74, 6) is -0.587. The van der Waals surface area contributed by atoms with Crippen LogP contribution in [0.5, 0.6) is 0 Å². The van der Waals surface area contributed by atoms with E-state index in [2.05, 4.69) is 26.6 Å². The van der Waals surface area contributed by atoms with Crippen molar-refractivity contribution in [3.05, 3.63) is 28.2 Å². The summed E-state index contributed by atoms with van der Waals surface area (Å²) in [5, 5.41) is 5.34. The third-order valence-corrected chi connectivity index (χ3v) is 4.93. The van der Waals surface area contributed by atoms with Crippen molar-refractivity contribution in [2.24, 2.45) is 0 Å². The van der Waals surface area contributed by atoms with Gasteiger partial charge in [-0.15, -0.1) is 0 Å². The molecule has 2 N–H and O–H groups in total. The van der Waals surface area contributed by atoms with Gasteiger partial charge in [-0.25, -0.2) is 0 Å². The van der Waals surface area contributed by atoms with Crippen LogP contribution in [-0.4, -0.2) is 43.8 Å². The molecule has 2 rings (SSSR count). The van der Waals surface area contributed by atoms with Crippen LogP contribution in [0.2, 0.25) is 0 Å². The second-order valence-corrected chi connectivity index (χ2v) is 7.05. The monoisotopic (exact) mass is 412 g/mol. The Morgan fingerprint density at radius 1 is 1.40 bits per heavy atom. The fraction of sp³-hybridized carbons (Fsp3) is 0.556. The molecule has 1 aliphatic rings. The number of ether oxygens (including phenoxy) is 2. The van der Waals surface area contributed by atoms with Crippen LogP contribution in [0.3, 0.4) is 0 Å². The summed E-state index contributed by atoms with van der Waals surface area (Å²) in [6, 6.07) is 5.53. The van der Waals surface area contributed by atoms with Gasteiger partial charge in [-0.3, -0.25) is 9.59 Å². The highest BCUT2D eigenvalue weighted by Gasteiger charge is 2.19. The number of rotatable bonds is 7. The number of carbonyl (C=O) groups is 2. The molecule has 1 heterocycles. The minimum Gasteiger partial charge on any atom is -0.376 e. The topological polar surface area (TPSA) is 76.7 Å². The van der Waals surface area contributed by atoms with Crippen molar-refractivity contribution < 1.29 is 19.1 Å². The molecule has 138 valence electrons. The molecular weight excluding hydrogens is 388 g/mol. The first kappa shape index (κ1) is 19.9. The number of hydrogen-bond donors (Lipinski definition) is 2. The lowest BCUT2D eigenvalue weighted by Gasteiger charge is -2.23. The summed E-state index contributed by atoms with van der Waals surface area (Å²) in [4.78, 5) is 24.0. The van der Waals surface area contributed by atoms with Gasteiger partial charge in [0.2, 0.25) is 11.8 Å². The standard InChI is InChI=1S/C18H25BrN2O4/c1-12-9-14(6-7-16(12)19)21-17(22)10-20-18(23)13(2)25-11-15-5-3-4-8-24-15/h6-7,9,13,15H,3-5,8,10-11H2,1-2H3,(H,20,23)(H,21,22). The first-order valence-electron chi connectivity index (χ1n) is 8.52. The summed E-state index contributed by atoms with van der Waals surface area (Å²) in [6.45, 7) is 4.68. The average Bonchev–Trinajstić information content (AvgIpc) is 2.61. The maximum absolute atomic E-state index is 12.0. The SMILES string of the molecule is Cc1cc(NC(=O)CNC(=O)C(C)OCC2CCCCO2)ccc1Br. The fourth-order valence-electron chi connectivity index (χ4n) is 2.50. The average molecular weight is 413 g/mol. The van der Waals surface area contributed by atoms with Gasteiger partial charge in [0.05, 0.1) is 19.3 Å². The van der Waals surface area contributed by atoms with Gasteiger partial charge in [-0.2, -0.15) is 0 Å². The fourth-order valence-corrected chi connectivity index (χ4v) is 2.75. The van der Waals surface area contributed by atoms with E-state index in [-0.39, 0.29) is 24.5 Å². The Morgan fingerprint density at radius 2 is 2.20 bits per heavy atom. The van der Waals surface area contributed by atoms with E-state index in [1.807, 2.05) is 19.1 Å². The number of benzene rings is 1. The quantitative estimate of drug-likeness (QED) is 0.721. The molecule has 2 amide bonds. The van der Waals surface area contributed by atoms with Gasteiger partial charge in [0.25, 0.3) is 0 Å². The molecular formula is C18H25BrN2O4. The normalized spacial score (nSPS) is 18.4. The molecule has 1 saturated heterocycles. The van der Waals surface area contributed by atoms with E-state index in [1.165, 1.54) is 0 Å². The predicted molar refractivity (Wildman–Crippen MR) is 99.5 cm³/mol. The Hall–Kier alpha value is -1.44. The Balaban J connectivity index is 1.68. The maximum Gasteiger partial charge on any atom is 0.249 e.